The van der Waals surface area contributed by atoms with Crippen molar-refractivity contribution in [3.8, 4) is 5.75 Å². The highest BCUT2D eigenvalue weighted by molar-refractivity contribution is 5.94. The molecule has 0 bridgehead atoms. The summed E-state index contributed by atoms with van der Waals surface area (Å²) in [4.78, 5) is 21.7. The van der Waals surface area contributed by atoms with E-state index < -0.39 is 0 Å². The molecule has 1 aliphatic heterocycles. The molecule has 0 fully saturated rings. The van der Waals surface area contributed by atoms with Crippen LogP contribution in [0.3, 0.4) is 0 Å². The lowest BCUT2D eigenvalue weighted by Crippen LogP contribution is -2.22. The molecule has 1 aromatic carbocycles. The number of ether oxygens (including phenoxy) is 1. The van der Waals surface area contributed by atoms with Crippen LogP contribution in [0, 0.1) is 6.92 Å². The number of rotatable bonds is 6. The van der Waals surface area contributed by atoms with Crippen molar-refractivity contribution < 1.29 is 9.53 Å². The predicted molar refractivity (Wildman–Crippen MR) is 117 cm³/mol. The maximum absolute atomic E-state index is 12.5. The summed E-state index contributed by atoms with van der Waals surface area (Å²) in [6, 6.07) is 11.2. The number of carbonyl (C=O) groups is 1. The number of imidazole rings is 2. The van der Waals surface area contributed by atoms with Crippen molar-refractivity contribution in [2.75, 3.05) is 0 Å². The van der Waals surface area contributed by atoms with Crippen molar-refractivity contribution in [2.45, 2.75) is 45.9 Å². The molecule has 0 spiro atoms. The first-order chi connectivity index (χ1) is 15.1. The molecule has 0 aliphatic carbocycles. The number of carbonyl (C=O) groups excluding carboxylic acids is 1. The molecule has 0 saturated carbocycles. The van der Waals surface area contributed by atoms with Gasteiger partial charge in [-0.3, -0.25) is 4.79 Å². The topological polar surface area (TPSA) is 73.4 Å². The van der Waals surface area contributed by atoms with Crippen LogP contribution >= 0.6 is 0 Å². The van der Waals surface area contributed by atoms with E-state index in [1.807, 2.05) is 47.3 Å². The molecule has 3 aromatic heterocycles. The Morgan fingerprint density at radius 1 is 1.03 bits per heavy atom. The Bertz CT molecular complexity index is 1200. The Kier molecular flexibility index (Phi) is 5.16. The second-order valence-electron chi connectivity index (χ2n) is 8.00. The number of hydrogen-bond acceptors (Lipinski definition) is 4. The minimum absolute atomic E-state index is 0.117. The molecular formula is C24H25N5O2. The molecule has 4 heterocycles. The second kappa shape index (κ2) is 8.26. The lowest BCUT2D eigenvalue weighted by atomic mass is 10.2. The third-order valence-electron chi connectivity index (χ3n) is 5.54. The van der Waals surface area contributed by atoms with E-state index >= 15 is 0 Å². The number of hydrogen-bond donors (Lipinski definition) is 1. The maximum Gasteiger partial charge on any atom is 0.251 e. The zero-order chi connectivity index (χ0) is 21.2. The van der Waals surface area contributed by atoms with Gasteiger partial charge in [0.25, 0.3) is 5.91 Å². The highest BCUT2D eigenvalue weighted by Gasteiger charge is 2.13. The molecule has 7 heteroatoms. The van der Waals surface area contributed by atoms with Crippen molar-refractivity contribution in [2.24, 2.45) is 0 Å². The lowest BCUT2D eigenvalue weighted by Gasteiger charge is -2.11. The van der Waals surface area contributed by atoms with E-state index in [1.54, 1.807) is 12.1 Å². The van der Waals surface area contributed by atoms with E-state index in [0.717, 1.165) is 35.8 Å². The van der Waals surface area contributed by atoms with E-state index in [2.05, 4.69) is 26.8 Å². The second-order valence-corrected chi connectivity index (χ2v) is 8.00. The monoisotopic (exact) mass is 415 g/mol. The van der Waals surface area contributed by atoms with E-state index in [0.29, 0.717) is 24.5 Å². The SMILES string of the molecule is Cc1ccc2nc(COc3ccc(C(=O)NCc4cn5c(n4)CCCC5)cc3)cn2c1. The maximum atomic E-state index is 12.5. The third-order valence-corrected chi connectivity index (χ3v) is 5.54. The standard InChI is InChI=1S/C24H25N5O2/c1-17-5-10-23-27-20(15-29(23)13-17)16-31-21-8-6-18(7-9-21)24(30)25-12-19-14-28-11-3-2-4-22(28)26-19/h5-10,13-15H,2-4,11-12,16H2,1H3,(H,25,30). The van der Waals surface area contributed by atoms with Crippen LogP contribution in [0.25, 0.3) is 5.65 Å². The van der Waals surface area contributed by atoms with Gasteiger partial charge < -0.3 is 19.0 Å². The highest BCUT2D eigenvalue weighted by atomic mass is 16.5. The van der Waals surface area contributed by atoms with Crippen LogP contribution in [-0.4, -0.2) is 24.8 Å². The summed E-state index contributed by atoms with van der Waals surface area (Å²) in [5, 5.41) is 2.95. The summed E-state index contributed by atoms with van der Waals surface area (Å²) in [5.74, 6) is 1.71. The van der Waals surface area contributed by atoms with Gasteiger partial charge in [-0.2, -0.15) is 0 Å². The molecule has 0 radical (unpaired) electrons. The smallest absolute Gasteiger partial charge is 0.251 e. The average Bonchev–Trinajstić information content (AvgIpc) is 3.39. The van der Waals surface area contributed by atoms with Gasteiger partial charge in [-0.15, -0.1) is 0 Å². The molecule has 1 amide bonds. The Morgan fingerprint density at radius 2 is 1.90 bits per heavy atom. The molecule has 0 saturated heterocycles. The van der Waals surface area contributed by atoms with E-state index in [1.165, 1.54) is 18.4 Å². The van der Waals surface area contributed by atoms with Gasteiger partial charge in [-0.05, 0) is 55.7 Å². The Morgan fingerprint density at radius 3 is 2.74 bits per heavy atom. The Labute approximate surface area is 180 Å². The molecule has 31 heavy (non-hydrogen) atoms. The summed E-state index contributed by atoms with van der Waals surface area (Å²) in [5.41, 5.74) is 4.44. The highest BCUT2D eigenvalue weighted by Crippen LogP contribution is 2.16. The largest absolute Gasteiger partial charge is 0.487 e. The molecule has 5 rings (SSSR count). The molecular weight excluding hydrogens is 390 g/mol. The van der Waals surface area contributed by atoms with Gasteiger partial charge in [0.1, 0.15) is 23.8 Å². The average molecular weight is 415 g/mol. The van der Waals surface area contributed by atoms with Gasteiger partial charge >= 0.3 is 0 Å². The van der Waals surface area contributed by atoms with Crippen LogP contribution in [0.5, 0.6) is 5.75 Å². The first-order valence-corrected chi connectivity index (χ1v) is 10.6. The van der Waals surface area contributed by atoms with Crippen LogP contribution in [-0.2, 0) is 26.1 Å². The van der Waals surface area contributed by atoms with Crippen molar-refractivity contribution >= 4 is 11.6 Å². The van der Waals surface area contributed by atoms with E-state index in [-0.39, 0.29) is 5.91 Å². The zero-order valence-electron chi connectivity index (χ0n) is 17.5. The Hall–Kier alpha value is -3.61. The molecule has 0 atom stereocenters. The van der Waals surface area contributed by atoms with Crippen molar-refractivity contribution in [1.82, 2.24) is 24.3 Å². The first kappa shape index (κ1) is 19.4. The minimum atomic E-state index is -0.117. The van der Waals surface area contributed by atoms with Crippen LogP contribution < -0.4 is 10.1 Å². The van der Waals surface area contributed by atoms with Crippen LogP contribution in [0.1, 0.15) is 46.0 Å². The fraction of sp³-hybridized carbons (Fsp3) is 0.292. The minimum Gasteiger partial charge on any atom is -0.487 e. The van der Waals surface area contributed by atoms with E-state index in [9.17, 15) is 4.79 Å². The molecule has 7 nitrogen and oxygen atoms in total. The van der Waals surface area contributed by atoms with Crippen molar-refractivity contribution in [3.63, 3.8) is 0 Å². The number of nitrogens with one attached hydrogen (secondary N) is 1. The normalized spacial score (nSPS) is 13.2. The summed E-state index contributed by atoms with van der Waals surface area (Å²) < 4.78 is 10.0. The molecule has 158 valence electrons. The predicted octanol–water partition coefficient (Wildman–Crippen LogP) is 3.68. The van der Waals surface area contributed by atoms with Gasteiger partial charge in [-0.25, -0.2) is 9.97 Å². The number of nitrogens with zero attached hydrogens (tertiary/aromatic N) is 4. The van der Waals surface area contributed by atoms with Gasteiger partial charge in [-0.1, -0.05) is 6.07 Å². The van der Waals surface area contributed by atoms with Crippen LogP contribution in [0.2, 0.25) is 0 Å². The number of pyridine rings is 1. The lowest BCUT2D eigenvalue weighted by molar-refractivity contribution is 0.0950. The number of aromatic nitrogens is 4. The van der Waals surface area contributed by atoms with Gasteiger partial charge in [0.05, 0.1) is 17.9 Å². The number of benzene rings is 1. The first-order valence-electron chi connectivity index (χ1n) is 10.6. The fourth-order valence-electron chi connectivity index (χ4n) is 3.91. The zero-order valence-corrected chi connectivity index (χ0v) is 17.5. The summed E-state index contributed by atoms with van der Waals surface area (Å²) >= 11 is 0. The summed E-state index contributed by atoms with van der Waals surface area (Å²) in [6.07, 6.45) is 9.46. The van der Waals surface area contributed by atoms with Crippen molar-refractivity contribution in [1.29, 1.82) is 0 Å². The van der Waals surface area contributed by atoms with Gasteiger partial charge in [0, 0.05) is 37.1 Å². The summed E-state index contributed by atoms with van der Waals surface area (Å²) in [6.45, 7) is 3.88. The van der Waals surface area contributed by atoms with Crippen molar-refractivity contribution in [3.05, 3.63) is 83.3 Å². The van der Waals surface area contributed by atoms with Gasteiger partial charge in [0.15, 0.2) is 0 Å². The number of amides is 1. The van der Waals surface area contributed by atoms with Crippen LogP contribution in [0.15, 0.2) is 55.0 Å². The quantitative estimate of drug-likeness (QED) is 0.521. The Balaban J connectivity index is 1.16. The fourth-order valence-corrected chi connectivity index (χ4v) is 3.91. The number of aryl methyl sites for hydroxylation is 3. The van der Waals surface area contributed by atoms with Crippen LogP contribution in [0.4, 0.5) is 0 Å². The summed E-state index contributed by atoms with van der Waals surface area (Å²) in [7, 11) is 0. The molecule has 4 aromatic rings. The molecule has 1 aliphatic rings. The third kappa shape index (κ3) is 4.30. The number of fused-ring (bicyclic) bond motifs is 2. The van der Waals surface area contributed by atoms with Gasteiger partial charge in [0.2, 0.25) is 0 Å². The molecule has 0 unspecified atom stereocenters. The molecule has 1 N–H and O–H groups in total. The van der Waals surface area contributed by atoms with E-state index in [4.69, 9.17) is 4.74 Å².